The van der Waals surface area contributed by atoms with E-state index in [9.17, 15) is 20.4 Å². The average Bonchev–Trinajstić information content (AvgIpc) is 2.76. The van der Waals surface area contributed by atoms with Crippen LogP contribution in [0.5, 0.6) is 0 Å². The summed E-state index contributed by atoms with van der Waals surface area (Å²) in [4.78, 5) is 0. The van der Waals surface area contributed by atoms with Crippen molar-refractivity contribution in [3.63, 3.8) is 0 Å². The number of fused-ring (bicyclic) bond motifs is 2. The minimum atomic E-state index is -1.39. The third-order valence-electron chi connectivity index (χ3n) is 6.26. The van der Waals surface area contributed by atoms with Crippen molar-refractivity contribution in [2.45, 2.75) is 56.4 Å². The Morgan fingerprint density at radius 1 is 0.966 bits per heavy atom. The molecule has 6 heteroatoms. The van der Waals surface area contributed by atoms with Gasteiger partial charge < -0.3 is 29.9 Å². The molecule has 6 nitrogen and oxygen atoms in total. The maximum Gasteiger partial charge on any atom is 0.289 e. The highest BCUT2D eigenvalue weighted by molar-refractivity contribution is 5.41. The van der Waals surface area contributed by atoms with E-state index in [1.54, 1.807) is 0 Å². The Morgan fingerprint density at radius 2 is 1.66 bits per heavy atom. The van der Waals surface area contributed by atoms with Crippen molar-refractivity contribution in [1.29, 1.82) is 0 Å². The van der Waals surface area contributed by atoms with E-state index < -0.39 is 36.6 Å². The topological polar surface area (TPSA) is 107 Å². The molecule has 0 unspecified atom stereocenters. The van der Waals surface area contributed by atoms with Crippen LogP contribution in [0.25, 0.3) is 0 Å². The maximum absolute atomic E-state index is 10.9. The molecular weight excluding hydrogens is 372 g/mol. The van der Waals surface area contributed by atoms with E-state index in [2.05, 4.69) is 46.7 Å². The molecule has 2 heterocycles. The van der Waals surface area contributed by atoms with E-state index in [1.807, 2.05) is 12.1 Å². The van der Waals surface area contributed by atoms with Gasteiger partial charge in [0.2, 0.25) is 12.7 Å². The molecule has 2 aromatic rings. The zero-order valence-electron chi connectivity index (χ0n) is 16.6. The van der Waals surface area contributed by atoms with Gasteiger partial charge in [0.25, 0.3) is 5.60 Å². The lowest BCUT2D eigenvalue weighted by molar-refractivity contribution is -0.383. The summed E-state index contributed by atoms with van der Waals surface area (Å²) in [5.74, 6) is 0. The lowest BCUT2D eigenvalue weighted by Crippen LogP contribution is -2.68. The number of benzene rings is 2. The zero-order chi connectivity index (χ0) is 20.6. The quantitative estimate of drug-likeness (QED) is 0.543. The number of aliphatic hydroxyl groups excluding tert-OH is 4. The Balaban J connectivity index is 1.69. The van der Waals surface area contributed by atoms with Crippen LogP contribution in [0.2, 0.25) is 0 Å². The van der Waals surface area contributed by atoms with Crippen molar-refractivity contribution in [3.05, 3.63) is 70.3 Å². The molecule has 0 aliphatic carbocycles. The molecular formula is C23H30O6+2. The van der Waals surface area contributed by atoms with Gasteiger partial charge in [0.1, 0.15) is 12.7 Å². The van der Waals surface area contributed by atoms with Gasteiger partial charge in [-0.15, -0.1) is 0 Å². The first-order valence-corrected chi connectivity index (χ1v) is 10.2. The predicted molar refractivity (Wildman–Crippen MR) is 109 cm³/mol. The molecule has 0 amide bonds. The van der Waals surface area contributed by atoms with E-state index in [4.69, 9.17) is 0 Å². The van der Waals surface area contributed by atoms with E-state index in [0.717, 1.165) is 29.5 Å². The molecule has 29 heavy (non-hydrogen) atoms. The average molecular weight is 402 g/mol. The summed E-state index contributed by atoms with van der Waals surface area (Å²) in [5, 5.41) is 41.1. The summed E-state index contributed by atoms with van der Waals surface area (Å²) in [6, 6.07) is 14.6. The van der Waals surface area contributed by atoms with Crippen LogP contribution in [0.1, 0.15) is 34.7 Å². The van der Waals surface area contributed by atoms with Crippen molar-refractivity contribution in [2.24, 2.45) is 0 Å². The van der Waals surface area contributed by atoms with Crippen LogP contribution in [0, 0.1) is 0 Å². The molecule has 0 saturated carbocycles. The van der Waals surface area contributed by atoms with Gasteiger partial charge in [0, 0.05) is 5.56 Å². The fourth-order valence-corrected chi connectivity index (χ4v) is 4.49. The van der Waals surface area contributed by atoms with Crippen molar-refractivity contribution in [3.8, 4) is 0 Å². The number of ether oxygens (including phenoxy) is 2. The summed E-state index contributed by atoms with van der Waals surface area (Å²) in [5.41, 5.74) is 4.20. The summed E-state index contributed by atoms with van der Waals surface area (Å²) >= 11 is 0. The van der Waals surface area contributed by atoms with E-state index in [1.165, 1.54) is 11.1 Å². The molecule has 1 spiro atoms. The first-order chi connectivity index (χ1) is 14.0. The monoisotopic (exact) mass is 402 g/mol. The highest BCUT2D eigenvalue weighted by Gasteiger charge is 2.63. The third-order valence-corrected chi connectivity index (χ3v) is 6.26. The normalized spacial score (nSPS) is 31.6. The molecule has 0 bridgehead atoms. The number of rotatable bonds is 4. The lowest BCUT2D eigenvalue weighted by Gasteiger charge is -2.45. The molecule has 2 aliphatic heterocycles. The Labute approximate surface area is 170 Å². The van der Waals surface area contributed by atoms with Crippen LogP contribution in [-0.2, 0) is 25.0 Å². The Kier molecular flexibility index (Phi) is 5.75. The number of hydrogen-bond donors (Lipinski definition) is 4. The van der Waals surface area contributed by atoms with Crippen molar-refractivity contribution in [1.82, 2.24) is 0 Å². The zero-order valence-corrected chi connectivity index (χ0v) is 16.6. The number of hydrogen-bond acceptors (Lipinski definition) is 4. The summed E-state index contributed by atoms with van der Waals surface area (Å²) in [6.07, 6.45) is -3.09. The first kappa shape index (κ1) is 20.5. The molecule has 1 fully saturated rings. The Morgan fingerprint density at radius 3 is 2.34 bits per heavy atom. The van der Waals surface area contributed by atoms with Gasteiger partial charge in [0.05, 0.1) is 5.56 Å². The van der Waals surface area contributed by atoms with Crippen LogP contribution >= 0.6 is 0 Å². The largest absolute Gasteiger partial charge is 0.424 e. The Hall–Kier alpha value is -1.80. The van der Waals surface area contributed by atoms with Crippen molar-refractivity contribution in [2.75, 3.05) is 13.2 Å². The maximum atomic E-state index is 10.9. The van der Waals surface area contributed by atoms with Crippen LogP contribution in [0.4, 0.5) is 0 Å². The second-order valence-electron chi connectivity index (χ2n) is 8.11. The van der Waals surface area contributed by atoms with Gasteiger partial charge in [-0.05, 0) is 35.6 Å². The molecule has 0 aromatic heterocycles. The van der Waals surface area contributed by atoms with E-state index >= 15 is 0 Å². The van der Waals surface area contributed by atoms with Crippen LogP contribution in [0.15, 0.2) is 42.5 Å². The van der Waals surface area contributed by atoms with Gasteiger partial charge in [-0.25, -0.2) is 0 Å². The van der Waals surface area contributed by atoms with Gasteiger partial charge in [0.15, 0.2) is 18.8 Å². The summed E-state index contributed by atoms with van der Waals surface area (Å²) < 4.78 is 9.09. The molecule has 1 saturated heterocycles. The van der Waals surface area contributed by atoms with Gasteiger partial charge in [-0.1, -0.05) is 43.3 Å². The fourth-order valence-electron chi connectivity index (χ4n) is 4.49. The van der Waals surface area contributed by atoms with Crippen molar-refractivity contribution < 1.29 is 29.9 Å². The smallest absolute Gasteiger partial charge is 0.289 e. The van der Waals surface area contributed by atoms with Gasteiger partial charge in [-0.3, -0.25) is 0 Å². The van der Waals surface area contributed by atoms with Crippen molar-refractivity contribution >= 4 is 0 Å². The molecule has 2 aliphatic rings. The van der Waals surface area contributed by atoms with Crippen LogP contribution in [0.3, 0.4) is 0 Å². The number of aliphatic hydroxyl groups is 8. The first-order valence-electron chi connectivity index (χ1n) is 10.2. The highest BCUT2D eigenvalue weighted by atomic mass is 16.6. The highest BCUT2D eigenvalue weighted by Crippen LogP contribution is 2.41. The molecule has 2 aromatic carbocycles. The lowest BCUT2D eigenvalue weighted by atomic mass is 9.76. The molecule has 4 rings (SSSR count). The van der Waals surface area contributed by atoms with E-state index in [-0.39, 0.29) is 6.61 Å². The predicted octanol–water partition coefficient (Wildman–Crippen LogP) is 0.0619. The summed E-state index contributed by atoms with van der Waals surface area (Å²) in [7, 11) is 0. The Bertz CT molecular complexity index is 849. The molecule has 5 atom stereocenters. The molecule has 0 radical (unpaired) electrons. The standard InChI is InChI=1S/C23H28O6/c1-2-14-3-5-15(6-4-14)9-16-7-8-17-12-28-13-23(18(17)10-16)22(27)21(26)20(25)19(11-24)29-23/h3-8,10,19-22,24-27H,2,9,11-13H2,1H3/p+2/t19-,20-,21+,22-,23+/m1/s1. The van der Waals surface area contributed by atoms with Crippen LogP contribution in [-0.4, -0.2) is 67.5 Å². The van der Waals surface area contributed by atoms with Gasteiger partial charge in [-0.2, -0.15) is 0 Å². The fraction of sp³-hybridized carbons (Fsp3) is 0.478. The SMILES string of the molecule is CCc1ccc(Cc2ccc3c(c2)[C@]2(C[OH+]C3)[OH+][C@H](CO)[C@@H](O)[C@H](O)[C@H]2O)cc1. The second kappa shape index (κ2) is 8.14. The minimum absolute atomic E-state index is 0.218. The molecule has 6 N–H and O–H groups in total. The van der Waals surface area contributed by atoms with Gasteiger partial charge >= 0.3 is 0 Å². The van der Waals surface area contributed by atoms with Crippen LogP contribution < -0.4 is 0 Å². The third kappa shape index (κ3) is 3.61. The minimum Gasteiger partial charge on any atom is -0.424 e. The second-order valence-corrected chi connectivity index (χ2v) is 8.11. The van der Waals surface area contributed by atoms with E-state index in [0.29, 0.717) is 6.61 Å². The summed E-state index contributed by atoms with van der Waals surface area (Å²) in [6.45, 7) is 2.47. The molecule has 156 valence electrons. The number of aryl methyl sites for hydroxylation is 1.